The van der Waals surface area contributed by atoms with Crippen LogP contribution in [0.15, 0.2) is 36.4 Å². The summed E-state index contributed by atoms with van der Waals surface area (Å²) in [5, 5.41) is 2.98. The molecule has 0 aliphatic carbocycles. The molecule has 4 rings (SSSR count). The average molecular weight is 384 g/mol. The maximum absolute atomic E-state index is 12.6. The van der Waals surface area contributed by atoms with E-state index in [0.717, 1.165) is 34.1 Å². The Balaban J connectivity index is 1.31. The highest BCUT2D eigenvalue weighted by molar-refractivity contribution is 5.81. The molecule has 2 aliphatic heterocycles. The third kappa shape index (κ3) is 3.99. The molecule has 2 aromatic rings. The van der Waals surface area contributed by atoms with E-state index in [0.29, 0.717) is 26.3 Å². The number of amides is 1. The van der Waals surface area contributed by atoms with Gasteiger partial charge in [-0.1, -0.05) is 12.1 Å². The molecule has 2 heterocycles. The molecule has 0 bridgehead atoms. The third-order valence-corrected chi connectivity index (χ3v) is 4.98. The highest BCUT2D eigenvalue weighted by atomic mass is 16.7. The molecule has 0 unspecified atom stereocenters. The Morgan fingerprint density at radius 3 is 2.39 bits per heavy atom. The number of nitrogens with one attached hydrogen (secondary N) is 1. The van der Waals surface area contributed by atoms with E-state index < -0.39 is 0 Å². The molecular weight excluding hydrogens is 360 g/mol. The van der Waals surface area contributed by atoms with Crippen LogP contribution in [-0.2, 0) is 17.9 Å². The lowest BCUT2D eigenvalue weighted by Crippen LogP contribution is -2.42. The highest BCUT2D eigenvalue weighted by Crippen LogP contribution is 2.32. The Labute approximate surface area is 164 Å². The van der Waals surface area contributed by atoms with Crippen molar-refractivity contribution < 1.29 is 23.7 Å². The molecule has 0 saturated heterocycles. The number of benzene rings is 2. The van der Waals surface area contributed by atoms with E-state index in [2.05, 4.69) is 5.32 Å². The lowest BCUT2D eigenvalue weighted by atomic mass is 10.1. The van der Waals surface area contributed by atoms with Crippen molar-refractivity contribution in [3.63, 3.8) is 0 Å². The molecule has 2 aliphatic rings. The van der Waals surface area contributed by atoms with Gasteiger partial charge < -0.3 is 24.3 Å². The van der Waals surface area contributed by atoms with Crippen molar-refractivity contribution in [1.29, 1.82) is 0 Å². The molecular formula is C21H24N2O5. The standard InChI is InChI=1S/C21H24N2O5/c1-14(21(24)22-11-15-3-5-18-20(9-15)28-13-27-18)23(2)12-16-4-6-17-19(10-16)26-8-7-25-17/h3-6,9-10,14H,7-8,11-13H2,1-2H3,(H,22,24)/t14-/m1/s1. The second kappa shape index (κ2) is 7.98. The molecule has 2 aromatic carbocycles. The Hall–Kier alpha value is -2.93. The first-order valence-corrected chi connectivity index (χ1v) is 9.35. The maximum atomic E-state index is 12.6. The second-order valence-electron chi connectivity index (χ2n) is 6.97. The summed E-state index contributed by atoms with van der Waals surface area (Å²) < 4.78 is 21.9. The molecule has 1 amide bonds. The molecule has 1 atom stereocenters. The predicted octanol–water partition coefficient (Wildman–Crippen LogP) is 2.32. The fourth-order valence-electron chi connectivity index (χ4n) is 3.20. The number of carbonyl (C=O) groups is 1. The van der Waals surface area contributed by atoms with E-state index in [1.54, 1.807) is 0 Å². The zero-order chi connectivity index (χ0) is 19.5. The Bertz CT molecular complexity index is 870. The average Bonchev–Trinajstić information content (AvgIpc) is 3.19. The first kappa shape index (κ1) is 18.4. The molecule has 0 aromatic heterocycles. The van der Waals surface area contributed by atoms with Crippen molar-refractivity contribution in [2.75, 3.05) is 27.1 Å². The van der Waals surface area contributed by atoms with Crippen LogP contribution in [-0.4, -0.2) is 43.9 Å². The Morgan fingerprint density at radius 1 is 0.964 bits per heavy atom. The number of nitrogens with zero attached hydrogens (tertiary/aromatic N) is 1. The van der Waals surface area contributed by atoms with Crippen LogP contribution in [0.5, 0.6) is 23.0 Å². The molecule has 7 nitrogen and oxygen atoms in total. The molecule has 28 heavy (non-hydrogen) atoms. The van der Waals surface area contributed by atoms with Crippen molar-refractivity contribution in [3.05, 3.63) is 47.5 Å². The smallest absolute Gasteiger partial charge is 0.237 e. The summed E-state index contributed by atoms with van der Waals surface area (Å²) in [6.45, 7) is 4.35. The first-order valence-electron chi connectivity index (χ1n) is 9.35. The van der Waals surface area contributed by atoms with Gasteiger partial charge in [0.15, 0.2) is 23.0 Å². The van der Waals surface area contributed by atoms with Gasteiger partial charge in [0, 0.05) is 13.1 Å². The van der Waals surface area contributed by atoms with Crippen molar-refractivity contribution in [3.8, 4) is 23.0 Å². The van der Waals surface area contributed by atoms with Gasteiger partial charge in [0.25, 0.3) is 0 Å². The van der Waals surface area contributed by atoms with Gasteiger partial charge in [-0.25, -0.2) is 0 Å². The van der Waals surface area contributed by atoms with Gasteiger partial charge in [-0.05, 0) is 49.4 Å². The maximum Gasteiger partial charge on any atom is 0.237 e. The van der Waals surface area contributed by atoms with E-state index >= 15 is 0 Å². The molecule has 1 N–H and O–H groups in total. The van der Waals surface area contributed by atoms with Crippen molar-refractivity contribution in [2.45, 2.75) is 26.1 Å². The number of fused-ring (bicyclic) bond motifs is 2. The third-order valence-electron chi connectivity index (χ3n) is 4.98. The number of likely N-dealkylation sites (N-methyl/N-ethyl adjacent to an activating group) is 1. The van der Waals surface area contributed by atoms with Crippen molar-refractivity contribution in [1.82, 2.24) is 10.2 Å². The van der Waals surface area contributed by atoms with E-state index in [9.17, 15) is 4.79 Å². The minimum Gasteiger partial charge on any atom is -0.486 e. The molecule has 0 fully saturated rings. The summed E-state index contributed by atoms with van der Waals surface area (Å²) in [7, 11) is 1.93. The highest BCUT2D eigenvalue weighted by Gasteiger charge is 2.20. The largest absolute Gasteiger partial charge is 0.486 e. The van der Waals surface area contributed by atoms with E-state index in [4.69, 9.17) is 18.9 Å². The van der Waals surface area contributed by atoms with Gasteiger partial charge in [-0.2, -0.15) is 0 Å². The minimum atomic E-state index is -0.276. The van der Waals surface area contributed by atoms with Gasteiger partial charge in [0.05, 0.1) is 6.04 Å². The summed E-state index contributed by atoms with van der Waals surface area (Å²) in [5.41, 5.74) is 2.04. The molecule has 0 saturated carbocycles. The minimum absolute atomic E-state index is 0.0299. The van der Waals surface area contributed by atoms with Crippen LogP contribution in [0.2, 0.25) is 0 Å². The SMILES string of the molecule is C[C@H](C(=O)NCc1ccc2c(c1)OCO2)N(C)Cc1ccc2c(c1)OCCO2. The van der Waals surface area contributed by atoms with Crippen LogP contribution in [0.4, 0.5) is 0 Å². The van der Waals surface area contributed by atoms with E-state index in [-0.39, 0.29) is 18.7 Å². The summed E-state index contributed by atoms with van der Waals surface area (Å²) in [6.07, 6.45) is 0. The predicted molar refractivity (Wildman–Crippen MR) is 103 cm³/mol. The molecule has 7 heteroatoms. The van der Waals surface area contributed by atoms with Gasteiger partial charge in [-0.3, -0.25) is 9.69 Å². The van der Waals surface area contributed by atoms with Gasteiger partial charge in [0.2, 0.25) is 12.7 Å². The topological polar surface area (TPSA) is 69.3 Å². The summed E-state index contributed by atoms with van der Waals surface area (Å²) in [5.74, 6) is 2.96. The normalized spacial score (nSPS) is 15.4. The van der Waals surface area contributed by atoms with Gasteiger partial charge in [-0.15, -0.1) is 0 Å². The zero-order valence-electron chi connectivity index (χ0n) is 16.1. The monoisotopic (exact) mass is 384 g/mol. The van der Waals surface area contributed by atoms with Crippen LogP contribution < -0.4 is 24.3 Å². The summed E-state index contributed by atoms with van der Waals surface area (Å²) in [4.78, 5) is 14.6. The number of ether oxygens (including phenoxy) is 4. The Kier molecular flexibility index (Phi) is 5.25. The number of rotatable bonds is 6. The van der Waals surface area contributed by atoms with E-state index in [1.807, 2.05) is 55.3 Å². The second-order valence-corrected chi connectivity index (χ2v) is 6.97. The Morgan fingerprint density at radius 2 is 1.57 bits per heavy atom. The van der Waals surface area contributed by atoms with E-state index in [1.165, 1.54) is 0 Å². The zero-order valence-corrected chi connectivity index (χ0v) is 16.1. The van der Waals surface area contributed by atoms with Crippen LogP contribution in [0.25, 0.3) is 0 Å². The summed E-state index contributed by atoms with van der Waals surface area (Å²) >= 11 is 0. The lowest BCUT2D eigenvalue weighted by Gasteiger charge is -2.25. The number of carbonyl (C=O) groups excluding carboxylic acids is 1. The first-order chi connectivity index (χ1) is 13.6. The van der Waals surface area contributed by atoms with Gasteiger partial charge in [0.1, 0.15) is 13.2 Å². The van der Waals surface area contributed by atoms with Crippen LogP contribution >= 0.6 is 0 Å². The lowest BCUT2D eigenvalue weighted by molar-refractivity contribution is -0.125. The molecule has 0 radical (unpaired) electrons. The summed E-state index contributed by atoms with van der Waals surface area (Å²) in [6, 6.07) is 11.3. The van der Waals surface area contributed by atoms with Crippen molar-refractivity contribution in [2.24, 2.45) is 0 Å². The van der Waals surface area contributed by atoms with Gasteiger partial charge >= 0.3 is 0 Å². The van der Waals surface area contributed by atoms with Crippen molar-refractivity contribution >= 4 is 5.91 Å². The fraction of sp³-hybridized carbons (Fsp3) is 0.381. The van der Waals surface area contributed by atoms with Crippen LogP contribution in [0.1, 0.15) is 18.1 Å². The fourth-order valence-corrected chi connectivity index (χ4v) is 3.20. The molecule has 0 spiro atoms. The van der Waals surface area contributed by atoms with Crippen LogP contribution in [0, 0.1) is 0 Å². The quantitative estimate of drug-likeness (QED) is 0.824. The van der Waals surface area contributed by atoms with Crippen LogP contribution in [0.3, 0.4) is 0 Å². The number of hydrogen-bond acceptors (Lipinski definition) is 6. The molecule has 148 valence electrons. The number of hydrogen-bond donors (Lipinski definition) is 1.